The van der Waals surface area contributed by atoms with Gasteiger partial charge in [0.25, 0.3) is 5.91 Å². The third-order valence-corrected chi connectivity index (χ3v) is 1.35. The molecule has 1 aromatic carbocycles. The largest absolute Gasteiger partial charge is 0.412 e. The topological polar surface area (TPSA) is 60.6 Å². The maximum atomic E-state index is 12.8. The number of carbonyl (C=O) groups excluding carboxylic acids is 1. The summed E-state index contributed by atoms with van der Waals surface area (Å²) < 4.78 is 12.8. The van der Waals surface area contributed by atoms with E-state index in [1.807, 2.05) is 0 Å². The fraction of sp³-hybridized carbons (Fsp3) is 0.125. The van der Waals surface area contributed by atoms with Crippen molar-refractivity contribution in [3.05, 3.63) is 35.6 Å². The Morgan fingerprint density at radius 1 is 1.42 bits per heavy atom. The van der Waals surface area contributed by atoms with Crippen molar-refractivity contribution in [3.63, 3.8) is 0 Å². The third kappa shape index (κ3) is 2.03. The fourth-order valence-corrected chi connectivity index (χ4v) is 0.780. The first-order valence-electron chi connectivity index (χ1n) is 3.22. The second-order valence-electron chi connectivity index (χ2n) is 2.06. The zero-order valence-electron chi connectivity index (χ0n) is 6.60. The van der Waals surface area contributed by atoms with Crippen LogP contribution >= 0.6 is 0 Å². The van der Waals surface area contributed by atoms with Gasteiger partial charge in [-0.05, 0) is 12.1 Å². The molecule has 0 aliphatic carbocycles. The molecule has 0 unspecified atom stereocenters. The number of hydrogen-bond acceptors (Lipinski definition) is 1. The predicted octanol–water partition coefficient (Wildman–Crippen LogP) is 0.361. The molecule has 0 spiro atoms. The summed E-state index contributed by atoms with van der Waals surface area (Å²) in [5.74, 6) is -0.894. The monoisotopic (exact) mass is 171 g/mol. The first-order valence-corrected chi connectivity index (χ1v) is 3.22. The average molecular weight is 171 g/mol. The van der Waals surface area contributed by atoms with Gasteiger partial charge >= 0.3 is 0 Å². The lowest BCUT2D eigenvalue weighted by Gasteiger charge is -1.98. The molecular formula is C8H10FNO2. The highest BCUT2D eigenvalue weighted by Gasteiger charge is 2.06. The summed E-state index contributed by atoms with van der Waals surface area (Å²) in [6.45, 7) is 0. The maximum Gasteiger partial charge on any atom is 0.253 e. The third-order valence-electron chi connectivity index (χ3n) is 1.35. The molecule has 0 atom stereocenters. The fourth-order valence-electron chi connectivity index (χ4n) is 0.780. The van der Waals surface area contributed by atoms with Gasteiger partial charge in [0.1, 0.15) is 5.82 Å². The highest BCUT2D eigenvalue weighted by atomic mass is 19.1. The van der Waals surface area contributed by atoms with E-state index in [9.17, 15) is 9.18 Å². The van der Waals surface area contributed by atoms with Gasteiger partial charge in [0.2, 0.25) is 0 Å². The van der Waals surface area contributed by atoms with Crippen molar-refractivity contribution in [2.75, 3.05) is 7.05 Å². The van der Waals surface area contributed by atoms with Crippen LogP contribution in [0.5, 0.6) is 0 Å². The molecule has 0 aliphatic heterocycles. The summed E-state index contributed by atoms with van der Waals surface area (Å²) in [6, 6.07) is 5.86. The van der Waals surface area contributed by atoms with Crippen molar-refractivity contribution < 1.29 is 14.7 Å². The van der Waals surface area contributed by atoms with E-state index in [1.54, 1.807) is 12.1 Å². The van der Waals surface area contributed by atoms with E-state index in [2.05, 4.69) is 5.32 Å². The van der Waals surface area contributed by atoms with Crippen LogP contribution in [-0.4, -0.2) is 18.4 Å². The van der Waals surface area contributed by atoms with Crippen LogP contribution in [0.15, 0.2) is 24.3 Å². The molecule has 3 N–H and O–H groups in total. The second kappa shape index (κ2) is 4.46. The maximum absolute atomic E-state index is 12.8. The van der Waals surface area contributed by atoms with Crippen molar-refractivity contribution in [1.29, 1.82) is 0 Å². The molecule has 66 valence electrons. The van der Waals surface area contributed by atoms with Gasteiger partial charge in [-0.15, -0.1) is 0 Å². The van der Waals surface area contributed by atoms with Gasteiger partial charge in [-0.1, -0.05) is 12.1 Å². The molecule has 0 saturated carbocycles. The molecule has 0 saturated heterocycles. The van der Waals surface area contributed by atoms with Gasteiger partial charge in [-0.25, -0.2) is 4.39 Å². The van der Waals surface area contributed by atoms with Crippen molar-refractivity contribution in [2.45, 2.75) is 0 Å². The van der Waals surface area contributed by atoms with E-state index in [-0.39, 0.29) is 11.0 Å². The molecule has 1 amide bonds. The number of rotatable bonds is 1. The SMILES string of the molecule is CNC(=O)c1ccccc1F.O. The first kappa shape index (κ1) is 10.6. The number of amides is 1. The average Bonchev–Trinajstić information content (AvgIpc) is 2.04. The number of hydrogen-bond donors (Lipinski definition) is 1. The van der Waals surface area contributed by atoms with Crippen LogP contribution in [0.25, 0.3) is 0 Å². The van der Waals surface area contributed by atoms with Crippen molar-refractivity contribution in [1.82, 2.24) is 5.32 Å². The van der Waals surface area contributed by atoms with Crippen LogP contribution in [0.2, 0.25) is 0 Å². The zero-order valence-corrected chi connectivity index (χ0v) is 6.60. The summed E-state index contributed by atoms with van der Waals surface area (Å²) in [7, 11) is 1.47. The van der Waals surface area contributed by atoms with Crippen LogP contribution in [-0.2, 0) is 0 Å². The molecule has 0 aliphatic rings. The highest BCUT2D eigenvalue weighted by Crippen LogP contribution is 2.04. The summed E-state index contributed by atoms with van der Waals surface area (Å²) >= 11 is 0. The number of nitrogens with one attached hydrogen (secondary N) is 1. The lowest BCUT2D eigenvalue weighted by atomic mass is 10.2. The van der Waals surface area contributed by atoms with Crippen LogP contribution < -0.4 is 5.32 Å². The van der Waals surface area contributed by atoms with Crippen LogP contribution in [0.3, 0.4) is 0 Å². The van der Waals surface area contributed by atoms with Crippen molar-refractivity contribution in [3.8, 4) is 0 Å². The molecule has 0 aromatic heterocycles. The van der Waals surface area contributed by atoms with E-state index >= 15 is 0 Å². The Hall–Kier alpha value is -1.42. The lowest BCUT2D eigenvalue weighted by molar-refractivity contribution is 0.0959. The minimum atomic E-state index is -0.494. The Kier molecular flexibility index (Phi) is 3.93. The van der Waals surface area contributed by atoms with Crippen LogP contribution in [0.4, 0.5) is 4.39 Å². The van der Waals surface area contributed by atoms with Crippen LogP contribution in [0, 0.1) is 5.82 Å². The van der Waals surface area contributed by atoms with E-state index in [1.165, 1.54) is 19.2 Å². The van der Waals surface area contributed by atoms with Gasteiger partial charge in [-0.2, -0.15) is 0 Å². The minimum Gasteiger partial charge on any atom is -0.412 e. The van der Waals surface area contributed by atoms with Crippen molar-refractivity contribution in [2.24, 2.45) is 0 Å². The molecule has 1 rings (SSSR count). The Balaban J connectivity index is 0.00000121. The smallest absolute Gasteiger partial charge is 0.253 e. The Morgan fingerprint density at radius 3 is 2.50 bits per heavy atom. The standard InChI is InChI=1S/C8H8FNO.H2O/c1-10-8(11)6-4-2-3-5-7(6)9;/h2-5H,1H3,(H,10,11);1H2. The lowest BCUT2D eigenvalue weighted by Crippen LogP contribution is -2.18. The summed E-state index contributed by atoms with van der Waals surface area (Å²) in [4.78, 5) is 10.9. The normalized spacial score (nSPS) is 8.50. The Labute approximate surface area is 69.5 Å². The summed E-state index contributed by atoms with van der Waals surface area (Å²) in [5.41, 5.74) is 0.0787. The van der Waals surface area contributed by atoms with E-state index in [4.69, 9.17) is 0 Å². The van der Waals surface area contributed by atoms with Gasteiger partial charge in [0.05, 0.1) is 5.56 Å². The Bertz CT molecular complexity index is 276. The van der Waals surface area contributed by atoms with Gasteiger partial charge in [0.15, 0.2) is 0 Å². The minimum absolute atomic E-state index is 0. The van der Waals surface area contributed by atoms with Crippen molar-refractivity contribution >= 4 is 5.91 Å². The molecule has 0 heterocycles. The molecule has 3 nitrogen and oxygen atoms in total. The quantitative estimate of drug-likeness (QED) is 0.651. The van der Waals surface area contributed by atoms with Gasteiger partial charge < -0.3 is 10.8 Å². The second-order valence-corrected chi connectivity index (χ2v) is 2.06. The molecule has 0 bridgehead atoms. The zero-order chi connectivity index (χ0) is 8.27. The van der Waals surface area contributed by atoms with Gasteiger partial charge in [-0.3, -0.25) is 4.79 Å². The summed E-state index contributed by atoms with van der Waals surface area (Å²) in [6.07, 6.45) is 0. The number of halogens is 1. The molecule has 1 aromatic rings. The molecule has 12 heavy (non-hydrogen) atoms. The molecular weight excluding hydrogens is 161 g/mol. The van der Waals surface area contributed by atoms with E-state index < -0.39 is 11.7 Å². The van der Waals surface area contributed by atoms with E-state index in [0.29, 0.717) is 0 Å². The molecule has 4 heteroatoms. The van der Waals surface area contributed by atoms with Gasteiger partial charge in [0, 0.05) is 7.05 Å². The predicted molar refractivity (Wildman–Crippen MR) is 43.4 cm³/mol. The number of benzene rings is 1. The highest BCUT2D eigenvalue weighted by molar-refractivity contribution is 5.94. The number of carbonyl (C=O) groups is 1. The molecule has 0 radical (unpaired) electrons. The first-order chi connectivity index (χ1) is 5.25. The summed E-state index contributed by atoms with van der Waals surface area (Å²) in [5, 5.41) is 2.34. The molecule has 0 fully saturated rings. The Morgan fingerprint density at radius 2 is 2.00 bits per heavy atom. The van der Waals surface area contributed by atoms with Crippen LogP contribution in [0.1, 0.15) is 10.4 Å². The van der Waals surface area contributed by atoms with E-state index in [0.717, 1.165) is 0 Å².